The van der Waals surface area contributed by atoms with E-state index in [4.69, 9.17) is 14.7 Å². The van der Waals surface area contributed by atoms with Crippen LogP contribution in [0.1, 0.15) is 26.3 Å². The van der Waals surface area contributed by atoms with Crippen molar-refractivity contribution in [3.05, 3.63) is 71.3 Å². The molecule has 0 bridgehead atoms. The maximum atomic E-state index is 11.7. The van der Waals surface area contributed by atoms with Gasteiger partial charge in [-0.15, -0.1) is 0 Å². The molecule has 0 fully saturated rings. The van der Waals surface area contributed by atoms with Crippen LogP contribution in [0.25, 0.3) is 0 Å². The predicted octanol–water partition coefficient (Wildman–Crippen LogP) is 2.57. The molecule has 0 aliphatic heterocycles. The van der Waals surface area contributed by atoms with E-state index in [0.717, 1.165) is 0 Å². The number of ether oxygens (including phenoxy) is 2. The summed E-state index contributed by atoms with van der Waals surface area (Å²) in [5.41, 5.74) is 1.25. The van der Waals surface area contributed by atoms with E-state index < -0.39 is 11.9 Å². The average molecular weight is 295 g/mol. The van der Waals surface area contributed by atoms with Crippen LogP contribution in [0.5, 0.6) is 0 Å². The Kier molecular flexibility index (Phi) is 5.27. The molecule has 110 valence electrons. The van der Waals surface area contributed by atoms with E-state index in [2.05, 4.69) is 0 Å². The second-order valence-corrected chi connectivity index (χ2v) is 4.33. The Morgan fingerprint density at radius 3 is 1.82 bits per heavy atom. The molecule has 22 heavy (non-hydrogen) atoms. The van der Waals surface area contributed by atoms with Crippen molar-refractivity contribution in [2.75, 3.05) is 13.2 Å². The number of carbonyl (C=O) groups is 2. The molecule has 5 nitrogen and oxygen atoms in total. The fourth-order valence-electron chi connectivity index (χ4n) is 1.69. The minimum atomic E-state index is -0.528. The van der Waals surface area contributed by atoms with Gasteiger partial charge in [-0.1, -0.05) is 18.2 Å². The molecule has 5 heteroatoms. The van der Waals surface area contributed by atoms with E-state index in [9.17, 15) is 9.59 Å². The van der Waals surface area contributed by atoms with Gasteiger partial charge in [0.05, 0.1) is 22.8 Å². The minimum Gasteiger partial charge on any atom is -0.458 e. The molecule has 0 unspecified atom stereocenters. The van der Waals surface area contributed by atoms with Crippen LogP contribution in [-0.2, 0) is 9.47 Å². The highest BCUT2D eigenvalue weighted by Gasteiger charge is 2.09. The summed E-state index contributed by atoms with van der Waals surface area (Å²) < 4.78 is 9.98. The molecular formula is C17H13NO4. The van der Waals surface area contributed by atoms with Crippen LogP contribution < -0.4 is 0 Å². The lowest BCUT2D eigenvalue weighted by atomic mass is 10.1. The smallest absolute Gasteiger partial charge is 0.338 e. The third kappa shape index (κ3) is 4.18. The topological polar surface area (TPSA) is 76.4 Å². The number of hydrogen-bond acceptors (Lipinski definition) is 5. The summed E-state index contributed by atoms with van der Waals surface area (Å²) in [4.78, 5) is 23.3. The normalized spacial score (nSPS) is 9.59. The van der Waals surface area contributed by atoms with Gasteiger partial charge in [-0.2, -0.15) is 5.26 Å². The first kappa shape index (κ1) is 15.3. The summed E-state index contributed by atoms with van der Waals surface area (Å²) in [5, 5.41) is 8.67. The van der Waals surface area contributed by atoms with Gasteiger partial charge in [-0.3, -0.25) is 0 Å². The molecule has 0 amide bonds. The summed E-state index contributed by atoms with van der Waals surface area (Å²) in [5.74, 6) is -0.990. The summed E-state index contributed by atoms with van der Waals surface area (Å²) in [6.45, 7) is -0.0485. The Hall–Kier alpha value is -3.13. The number of nitriles is 1. The molecule has 0 N–H and O–H groups in total. The Morgan fingerprint density at radius 1 is 0.818 bits per heavy atom. The molecule has 0 saturated heterocycles. The molecule has 0 saturated carbocycles. The van der Waals surface area contributed by atoms with Gasteiger partial charge >= 0.3 is 11.9 Å². The zero-order chi connectivity index (χ0) is 15.8. The van der Waals surface area contributed by atoms with Crippen molar-refractivity contribution < 1.29 is 19.1 Å². The molecule has 0 atom stereocenters. The van der Waals surface area contributed by atoms with Crippen molar-refractivity contribution in [1.82, 2.24) is 0 Å². The zero-order valence-corrected chi connectivity index (χ0v) is 11.7. The zero-order valence-electron chi connectivity index (χ0n) is 11.7. The largest absolute Gasteiger partial charge is 0.458 e. The van der Waals surface area contributed by atoms with Crippen LogP contribution >= 0.6 is 0 Å². The number of nitrogens with zero attached hydrogens (tertiary/aromatic N) is 1. The second-order valence-electron chi connectivity index (χ2n) is 4.33. The fourth-order valence-corrected chi connectivity index (χ4v) is 1.69. The lowest BCUT2D eigenvalue weighted by molar-refractivity contribution is 0.0265. The van der Waals surface area contributed by atoms with Gasteiger partial charge in [0.15, 0.2) is 0 Å². The van der Waals surface area contributed by atoms with Gasteiger partial charge in [-0.25, -0.2) is 9.59 Å². The van der Waals surface area contributed by atoms with Gasteiger partial charge in [0.25, 0.3) is 0 Å². The Morgan fingerprint density at radius 2 is 1.32 bits per heavy atom. The molecule has 0 aromatic heterocycles. The van der Waals surface area contributed by atoms with Crippen molar-refractivity contribution in [3.8, 4) is 6.07 Å². The lowest BCUT2D eigenvalue weighted by Gasteiger charge is -2.06. The van der Waals surface area contributed by atoms with Gasteiger partial charge in [-0.05, 0) is 36.4 Å². The fraction of sp³-hybridized carbons (Fsp3) is 0.118. The van der Waals surface area contributed by atoms with E-state index >= 15 is 0 Å². The third-order valence-corrected chi connectivity index (χ3v) is 2.81. The highest BCUT2D eigenvalue weighted by atomic mass is 16.6. The molecule has 0 radical (unpaired) electrons. The van der Waals surface area contributed by atoms with Gasteiger partial charge in [0.2, 0.25) is 0 Å². The third-order valence-electron chi connectivity index (χ3n) is 2.81. The van der Waals surface area contributed by atoms with Gasteiger partial charge < -0.3 is 9.47 Å². The molecular weight excluding hydrogens is 282 g/mol. The van der Waals surface area contributed by atoms with Crippen molar-refractivity contribution in [2.24, 2.45) is 0 Å². The number of carbonyl (C=O) groups excluding carboxylic acids is 2. The van der Waals surface area contributed by atoms with Crippen molar-refractivity contribution in [1.29, 1.82) is 5.26 Å². The van der Waals surface area contributed by atoms with Crippen LogP contribution in [0.3, 0.4) is 0 Å². The van der Waals surface area contributed by atoms with E-state index in [1.807, 2.05) is 6.07 Å². The van der Waals surface area contributed by atoms with Gasteiger partial charge in [0.1, 0.15) is 13.2 Å². The van der Waals surface area contributed by atoms with E-state index in [0.29, 0.717) is 16.7 Å². The maximum absolute atomic E-state index is 11.7. The van der Waals surface area contributed by atoms with Crippen LogP contribution in [0.2, 0.25) is 0 Å². The summed E-state index contributed by atoms with van der Waals surface area (Å²) in [7, 11) is 0. The average Bonchev–Trinajstić information content (AvgIpc) is 2.59. The first-order valence-electron chi connectivity index (χ1n) is 6.60. The minimum absolute atomic E-state index is 0.0181. The molecule has 0 aliphatic rings. The maximum Gasteiger partial charge on any atom is 0.338 e. The molecule has 0 spiro atoms. The first-order chi connectivity index (χ1) is 10.7. The van der Waals surface area contributed by atoms with Crippen molar-refractivity contribution in [2.45, 2.75) is 0 Å². The molecule has 2 rings (SSSR count). The van der Waals surface area contributed by atoms with Crippen LogP contribution in [0.4, 0.5) is 0 Å². The Bertz CT molecular complexity index is 687. The lowest BCUT2D eigenvalue weighted by Crippen LogP contribution is -2.14. The second kappa shape index (κ2) is 7.60. The molecule has 0 aliphatic carbocycles. The van der Waals surface area contributed by atoms with E-state index in [1.165, 1.54) is 24.3 Å². The molecule has 2 aromatic rings. The highest BCUT2D eigenvalue weighted by molar-refractivity contribution is 5.90. The van der Waals surface area contributed by atoms with E-state index in [-0.39, 0.29) is 13.2 Å². The van der Waals surface area contributed by atoms with Crippen LogP contribution in [0.15, 0.2) is 54.6 Å². The quantitative estimate of drug-likeness (QED) is 0.626. The number of benzene rings is 2. The molecule has 0 heterocycles. The standard InChI is InChI=1S/C17H13NO4/c18-12-13-6-8-15(9-7-13)17(20)22-11-10-21-16(19)14-4-2-1-3-5-14/h1-9H,10-11H2. The monoisotopic (exact) mass is 295 g/mol. The Labute approximate surface area is 127 Å². The SMILES string of the molecule is N#Cc1ccc(C(=O)OCCOC(=O)c2ccccc2)cc1. The summed E-state index contributed by atoms with van der Waals surface area (Å²) in [6, 6.07) is 16.6. The van der Waals surface area contributed by atoms with Crippen LogP contribution in [0, 0.1) is 11.3 Å². The number of esters is 2. The van der Waals surface area contributed by atoms with Gasteiger partial charge in [0, 0.05) is 0 Å². The molecule has 2 aromatic carbocycles. The predicted molar refractivity (Wildman–Crippen MR) is 78.2 cm³/mol. The van der Waals surface area contributed by atoms with Crippen molar-refractivity contribution in [3.63, 3.8) is 0 Å². The number of hydrogen-bond donors (Lipinski definition) is 0. The highest BCUT2D eigenvalue weighted by Crippen LogP contribution is 2.05. The Balaban J connectivity index is 1.75. The summed E-state index contributed by atoms with van der Waals surface area (Å²) in [6.07, 6.45) is 0. The first-order valence-corrected chi connectivity index (χ1v) is 6.60. The van der Waals surface area contributed by atoms with Crippen molar-refractivity contribution >= 4 is 11.9 Å². The van der Waals surface area contributed by atoms with E-state index in [1.54, 1.807) is 30.3 Å². The summed E-state index contributed by atoms with van der Waals surface area (Å²) >= 11 is 0. The number of rotatable bonds is 5. The van der Waals surface area contributed by atoms with Crippen LogP contribution in [-0.4, -0.2) is 25.2 Å².